The first kappa shape index (κ1) is 15.3. The highest BCUT2D eigenvalue weighted by Gasteiger charge is 2.32. The molecule has 1 aromatic carbocycles. The molecule has 1 atom stereocenters. The zero-order valence-electron chi connectivity index (χ0n) is 13.1. The summed E-state index contributed by atoms with van der Waals surface area (Å²) in [4.78, 5) is 16.7. The molecule has 5 heteroatoms. The summed E-state index contributed by atoms with van der Waals surface area (Å²) in [5.74, 6) is 1.27. The van der Waals surface area contributed by atoms with Crippen LogP contribution >= 0.6 is 0 Å². The molecular weight excluding hydrogens is 280 g/mol. The Bertz CT molecular complexity index is 522. The van der Waals surface area contributed by atoms with Crippen LogP contribution in [0.5, 0.6) is 5.75 Å². The topological polar surface area (TPSA) is 53.0 Å². The summed E-state index contributed by atoms with van der Waals surface area (Å²) in [5.41, 5.74) is 0.672. The number of ether oxygens (including phenoxy) is 1. The van der Waals surface area contributed by atoms with Crippen LogP contribution in [0.25, 0.3) is 0 Å². The van der Waals surface area contributed by atoms with Gasteiger partial charge in [0.1, 0.15) is 5.75 Å². The maximum Gasteiger partial charge on any atom is 0.254 e. The highest BCUT2D eigenvalue weighted by atomic mass is 16.5. The summed E-state index contributed by atoms with van der Waals surface area (Å²) in [6, 6.07) is 7.29. The number of aliphatic hydroxyl groups is 1. The van der Waals surface area contributed by atoms with Gasteiger partial charge < -0.3 is 14.7 Å². The Hall–Kier alpha value is -1.59. The van der Waals surface area contributed by atoms with E-state index in [2.05, 4.69) is 4.90 Å². The molecule has 0 spiro atoms. The first-order valence-electron chi connectivity index (χ1n) is 8.01. The Balaban J connectivity index is 1.52. The van der Waals surface area contributed by atoms with Crippen LogP contribution in [0.4, 0.5) is 0 Å². The van der Waals surface area contributed by atoms with Gasteiger partial charge in [0.05, 0.1) is 13.2 Å². The molecule has 1 N–H and O–H groups in total. The average Bonchev–Trinajstić information content (AvgIpc) is 3.40. The minimum absolute atomic E-state index is 0.0568. The van der Waals surface area contributed by atoms with Crippen LogP contribution in [0.3, 0.4) is 0 Å². The number of β-amino-alcohol motifs (C(OH)–C–C–N with tert-alkyl or cyclic N) is 1. The number of piperazine rings is 1. The summed E-state index contributed by atoms with van der Waals surface area (Å²) in [6.07, 6.45) is 2.13. The number of benzene rings is 1. The van der Waals surface area contributed by atoms with E-state index in [9.17, 15) is 9.90 Å². The molecule has 1 aromatic rings. The van der Waals surface area contributed by atoms with Crippen molar-refractivity contribution >= 4 is 5.91 Å². The van der Waals surface area contributed by atoms with Crippen molar-refractivity contribution in [3.05, 3.63) is 29.8 Å². The van der Waals surface area contributed by atoms with E-state index in [0.717, 1.165) is 32.5 Å². The lowest BCUT2D eigenvalue weighted by molar-refractivity contribution is 0.0488. The van der Waals surface area contributed by atoms with Crippen molar-refractivity contribution in [1.82, 2.24) is 9.80 Å². The number of methoxy groups -OCH3 is 1. The number of hydrogen-bond donors (Lipinski definition) is 1. The molecule has 1 heterocycles. The summed E-state index contributed by atoms with van der Waals surface area (Å²) in [7, 11) is 1.60. The molecule has 0 radical (unpaired) electrons. The number of carbonyl (C=O) groups excluding carboxylic acids is 1. The monoisotopic (exact) mass is 304 g/mol. The third kappa shape index (κ3) is 3.59. The van der Waals surface area contributed by atoms with E-state index in [1.807, 2.05) is 23.1 Å². The van der Waals surface area contributed by atoms with Gasteiger partial charge in [-0.1, -0.05) is 6.07 Å². The second-order valence-electron chi connectivity index (χ2n) is 6.23. The Morgan fingerprint density at radius 3 is 2.68 bits per heavy atom. The Morgan fingerprint density at radius 2 is 2.05 bits per heavy atom. The van der Waals surface area contributed by atoms with Gasteiger partial charge >= 0.3 is 0 Å². The zero-order chi connectivity index (χ0) is 15.5. The zero-order valence-corrected chi connectivity index (χ0v) is 13.1. The van der Waals surface area contributed by atoms with Crippen molar-refractivity contribution in [3.8, 4) is 5.75 Å². The number of rotatable bonds is 5. The molecule has 120 valence electrons. The first-order chi connectivity index (χ1) is 10.7. The van der Waals surface area contributed by atoms with Gasteiger partial charge in [-0.25, -0.2) is 0 Å². The van der Waals surface area contributed by atoms with Gasteiger partial charge in [0.15, 0.2) is 0 Å². The Morgan fingerprint density at radius 1 is 1.32 bits per heavy atom. The van der Waals surface area contributed by atoms with Gasteiger partial charge in [0.25, 0.3) is 5.91 Å². The van der Waals surface area contributed by atoms with E-state index in [0.29, 0.717) is 30.3 Å². The first-order valence-corrected chi connectivity index (χ1v) is 8.01. The van der Waals surface area contributed by atoms with E-state index in [4.69, 9.17) is 4.74 Å². The highest BCUT2D eigenvalue weighted by Crippen LogP contribution is 2.32. The SMILES string of the molecule is COc1cccc(C(=O)N2CCN(C[C@@H](O)C3CC3)CC2)c1. The quantitative estimate of drug-likeness (QED) is 0.889. The van der Waals surface area contributed by atoms with E-state index in [1.54, 1.807) is 13.2 Å². The van der Waals surface area contributed by atoms with E-state index in [1.165, 1.54) is 0 Å². The third-order valence-electron chi connectivity index (χ3n) is 4.59. The fourth-order valence-electron chi connectivity index (χ4n) is 2.97. The molecule has 1 aliphatic carbocycles. The van der Waals surface area contributed by atoms with Gasteiger partial charge in [-0.2, -0.15) is 0 Å². The van der Waals surface area contributed by atoms with Crippen LogP contribution in [-0.4, -0.2) is 66.8 Å². The largest absolute Gasteiger partial charge is 0.497 e. The summed E-state index contributed by atoms with van der Waals surface area (Å²) < 4.78 is 5.17. The van der Waals surface area contributed by atoms with E-state index in [-0.39, 0.29) is 12.0 Å². The van der Waals surface area contributed by atoms with E-state index >= 15 is 0 Å². The average molecular weight is 304 g/mol. The Labute approximate surface area is 131 Å². The number of hydrogen-bond acceptors (Lipinski definition) is 4. The molecule has 0 bridgehead atoms. The number of nitrogens with zero attached hydrogens (tertiary/aromatic N) is 2. The molecule has 0 unspecified atom stereocenters. The van der Waals surface area contributed by atoms with Crippen molar-refractivity contribution in [1.29, 1.82) is 0 Å². The number of carbonyl (C=O) groups is 1. The van der Waals surface area contributed by atoms with E-state index < -0.39 is 0 Å². The fraction of sp³-hybridized carbons (Fsp3) is 0.588. The molecule has 2 aliphatic rings. The van der Waals surface area contributed by atoms with Gasteiger partial charge in [-0.05, 0) is 37.0 Å². The van der Waals surface area contributed by atoms with Crippen LogP contribution in [0.15, 0.2) is 24.3 Å². The molecule has 1 saturated heterocycles. The standard InChI is InChI=1S/C17H24N2O3/c1-22-15-4-2-3-14(11-15)17(21)19-9-7-18(8-10-19)12-16(20)13-5-6-13/h2-4,11,13,16,20H,5-10,12H2,1H3/t16-/m1/s1. The second kappa shape index (κ2) is 6.67. The van der Waals surface area contributed by atoms with Crippen LogP contribution in [0.2, 0.25) is 0 Å². The minimum Gasteiger partial charge on any atom is -0.497 e. The smallest absolute Gasteiger partial charge is 0.254 e. The van der Waals surface area contributed by atoms with Crippen molar-refractivity contribution in [2.45, 2.75) is 18.9 Å². The predicted molar refractivity (Wildman–Crippen MR) is 84.1 cm³/mol. The molecular formula is C17H24N2O3. The van der Waals surface area contributed by atoms with Crippen LogP contribution < -0.4 is 4.74 Å². The predicted octanol–water partition coefficient (Wildman–Crippen LogP) is 1.22. The number of aliphatic hydroxyl groups excluding tert-OH is 1. The summed E-state index contributed by atoms with van der Waals surface area (Å²) >= 11 is 0. The lowest BCUT2D eigenvalue weighted by Crippen LogP contribution is -2.50. The van der Waals surface area contributed by atoms with Crippen LogP contribution in [0, 0.1) is 5.92 Å². The molecule has 5 nitrogen and oxygen atoms in total. The van der Waals surface area contributed by atoms with Gasteiger partial charge in [-0.15, -0.1) is 0 Å². The van der Waals surface area contributed by atoms with Crippen molar-refractivity contribution < 1.29 is 14.6 Å². The molecule has 0 aromatic heterocycles. The minimum atomic E-state index is -0.194. The molecule has 1 amide bonds. The van der Waals surface area contributed by atoms with Gasteiger partial charge in [0, 0.05) is 38.3 Å². The summed E-state index contributed by atoms with van der Waals surface area (Å²) in [6.45, 7) is 3.84. The third-order valence-corrected chi connectivity index (χ3v) is 4.59. The fourth-order valence-corrected chi connectivity index (χ4v) is 2.97. The molecule has 22 heavy (non-hydrogen) atoms. The molecule has 3 rings (SSSR count). The highest BCUT2D eigenvalue weighted by molar-refractivity contribution is 5.94. The van der Waals surface area contributed by atoms with Gasteiger partial charge in [0.2, 0.25) is 0 Å². The normalized spacial score (nSPS) is 20.7. The second-order valence-corrected chi connectivity index (χ2v) is 6.23. The lowest BCUT2D eigenvalue weighted by atomic mass is 10.1. The van der Waals surface area contributed by atoms with Crippen molar-refractivity contribution in [2.24, 2.45) is 5.92 Å². The van der Waals surface area contributed by atoms with Gasteiger partial charge in [-0.3, -0.25) is 9.69 Å². The lowest BCUT2D eigenvalue weighted by Gasteiger charge is -2.35. The Kier molecular flexibility index (Phi) is 4.64. The molecule has 1 saturated carbocycles. The van der Waals surface area contributed by atoms with Crippen LogP contribution in [0.1, 0.15) is 23.2 Å². The van der Waals surface area contributed by atoms with Crippen LogP contribution in [-0.2, 0) is 0 Å². The maximum atomic E-state index is 12.5. The maximum absolute atomic E-state index is 12.5. The van der Waals surface area contributed by atoms with Crippen molar-refractivity contribution in [2.75, 3.05) is 39.8 Å². The number of amides is 1. The van der Waals surface area contributed by atoms with Crippen molar-refractivity contribution in [3.63, 3.8) is 0 Å². The molecule has 2 fully saturated rings. The summed E-state index contributed by atoms with van der Waals surface area (Å²) in [5, 5.41) is 10.0. The molecule has 1 aliphatic heterocycles.